The Kier molecular flexibility index (Phi) is 1.90. The van der Waals surface area contributed by atoms with Crippen LogP contribution in [0.1, 0.15) is 11.3 Å². The lowest BCUT2D eigenvalue weighted by atomic mass is 9.85. The van der Waals surface area contributed by atoms with Gasteiger partial charge < -0.3 is 10.0 Å². The molecule has 1 heterocycles. The van der Waals surface area contributed by atoms with E-state index in [-0.39, 0.29) is 11.4 Å². The molecule has 0 amide bonds. The van der Waals surface area contributed by atoms with Crippen molar-refractivity contribution in [3.05, 3.63) is 23.4 Å². The van der Waals surface area contributed by atoms with E-state index in [0.717, 1.165) is 5.56 Å². The second-order valence-corrected chi connectivity index (χ2v) is 3.11. The van der Waals surface area contributed by atoms with Crippen LogP contribution in [0.15, 0.2) is 12.1 Å². The third-order valence-corrected chi connectivity index (χ3v) is 2.11. The Morgan fingerprint density at radius 3 is 2.77 bits per heavy atom. The highest BCUT2D eigenvalue weighted by Gasteiger charge is 2.22. The molecule has 0 atom stereocenters. The number of Topliss-reactive ketones (excluding diaryl/α,β-unsaturated/α-hetero) is 1. The predicted molar refractivity (Wildman–Crippen MR) is 46.5 cm³/mol. The summed E-state index contributed by atoms with van der Waals surface area (Å²) in [6.45, 7) is 0. The van der Waals surface area contributed by atoms with E-state index in [1.54, 1.807) is 6.07 Å². The van der Waals surface area contributed by atoms with Crippen LogP contribution in [-0.4, -0.2) is 27.9 Å². The van der Waals surface area contributed by atoms with Crippen LogP contribution >= 0.6 is 0 Å². The second kappa shape index (κ2) is 2.94. The Labute approximate surface area is 75.4 Å². The van der Waals surface area contributed by atoms with Crippen LogP contribution in [-0.2, 0) is 17.6 Å². The predicted octanol–water partition coefficient (Wildman–Crippen LogP) is -1.57. The van der Waals surface area contributed by atoms with Crippen molar-refractivity contribution in [2.24, 2.45) is 0 Å². The van der Waals surface area contributed by atoms with E-state index in [9.17, 15) is 4.79 Å². The third-order valence-electron chi connectivity index (χ3n) is 2.11. The molecule has 0 saturated heterocycles. The number of hydrogen-bond acceptors (Lipinski definition) is 4. The topological polar surface area (TPSA) is 70.4 Å². The molecule has 1 aliphatic carbocycles. The van der Waals surface area contributed by atoms with Crippen molar-refractivity contribution in [2.45, 2.75) is 12.8 Å². The minimum atomic E-state index is -1.55. The average Bonchev–Trinajstić information content (AvgIpc) is 2.42. The van der Waals surface area contributed by atoms with Crippen molar-refractivity contribution in [1.29, 1.82) is 0 Å². The molecule has 1 aromatic heterocycles. The summed E-state index contributed by atoms with van der Waals surface area (Å²) in [5.41, 5.74) is 1.78. The maximum Gasteiger partial charge on any atom is 0.508 e. The number of fused-ring (bicyclic) bond motifs is 1. The van der Waals surface area contributed by atoms with Crippen molar-refractivity contribution >= 4 is 18.5 Å². The molecule has 0 spiro atoms. The molecule has 0 bridgehead atoms. The summed E-state index contributed by atoms with van der Waals surface area (Å²) in [6.07, 6.45) is 0.736. The fraction of sp³-hybridized carbons (Fsp3) is 0.250. The molecule has 1 aromatic rings. The summed E-state index contributed by atoms with van der Waals surface area (Å²) in [5.74, 6) is 0.132. The van der Waals surface area contributed by atoms with Crippen molar-refractivity contribution < 1.29 is 14.8 Å². The Hall–Kier alpha value is -1.20. The molecule has 0 aromatic carbocycles. The first-order valence-electron chi connectivity index (χ1n) is 4.03. The van der Waals surface area contributed by atoms with Gasteiger partial charge in [-0.25, -0.2) is 0 Å². The molecule has 2 rings (SSSR count). The standard InChI is InChI=1S/C8H8BNO3/c11-6-3-5-1-2-8(9(12)13)10-7(5)4-6/h1-2,12-13H,3-4H2. The van der Waals surface area contributed by atoms with Gasteiger partial charge in [0.25, 0.3) is 0 Å². The molecule has 0 aliphatic heterocycles. The van der Waals surface area contributed by atoms with Gasteiger partial charge in [0.2, 0.25) is 0 Å². The SMILES string of the molecule is O=C1Cc2ccc(B(O)O)nc2C1. The maximum absolute atomic E-state index is 11.0. The number of pyridine rings is 1. The van der Waals surface area contributed by atoms with Gasteiger partial charge >= 0.3 is 7.12 Å². The van der Waals surface area contributed by atoms with Gasteiger partial charge in [0.05, 0.1) is 11.3 Å². The lowest BCUT2D eigenvalue weighted by Crippen LogP contribution is -2.33. The zero-order chi connectivity index (χ0) is 9.42. The van der Waals surface area contributed by atoms with Crippen LogP contribution < -0.4 is 5.59 Å². The molecule has 0 fully saturated rings. The minimum absolute atomic E-state index is 0.132. The summed E-state index contributed by atoms with van der Waals surface area (Å²) >= 11 is 0. The van der Waals surface area contributed by atoms with Gasteiger partial charge in [-0.15, -0.1) is 0 Å². The van der Waals surface area contributed by atoms with E-state index < -0.39 is 7.12 Å². The number of nitrogens with zero attached hydrogens (tertiary/aromatic N) is 1. The largest absolute Gasteiger partial charge is 0.508 e. The van der Waals surface area contributed by atoms with Gasteiger partial charge in [0.1, 0.15) is 5.78 Å². The molecular formula is C8H8BNO3. The summed E-state index contributed by atoms with van der Waals surface area (Å²) < 4.78 is 0. The third kappa shape index (κ3) is 1.48. The molecule has 66 valence electrons. The van der Waals surface area contributed by atoms with Gasteiger partial charge in [0, 0.05) is 12.8 Å². The Balaban J connectivity index is 2.40. The maximum atomic E-state index is 11.0. The lowest BCUT2D eigenvalue weighted by Gasteiger charge is -2.00. The van der Waals surface area contributed by atoms with Crippen LogP contribution in [0, 0.1) is 0 Å². The van der Waals surface area contributed by atoms with E-state index in [4.69, 9.17) is 10.0 Å². The van der Waals surface area contributed by atoms with Gasteiger partial charge in [-0.3, -0.25) is 9.78 Å². The quantitative estimate of drug-likeness (QED) is 0.508. The smallest absolute Gasteiger partial charge is 0.422 e. The van der Waals surface area contributed by atoms with Gasteiger partial charge in [0.15, 0.2) is 0 Å². The first kappa shape index (κ1) is 8.41. The Morgan fingerprint density at radius 1 is 1.31 bits per heavy atom. The summed E-state index contributed by atoms with van der Waals surface area (Å²) in [4.78, 5) is 15.0. The van der Waals surface area contributed by atoms with Gasteiger partial charge in [-0.2, -0.15) is 0 Å². The van der Waals surface area contributed by atoms with Crippen LogP contribution in [0.4, 0.5) is 0 Å². The number of rotatable bonds is 1. The zero-order valence-corrected chi connectivity index (χ0v) is 6.90. The van der Waals surface area contributed by atoms with Crippen LogP contribution in [0.25, 0.3) is 0 Å². The van der Waals surface area contributed by atoms with Crippen molar-refractivity contribution in [1.82, 2.24) is 4.98 Å². The average molecular weight is 177 g/mol. The molecule has 1 aliphatic rings. The summed E-state index contributed by atoms with van der Waals surface area (Å²) in [5, 5.41) is 17.7. The Morgan fingerprint density at radius 2 is 2.08 bits per heavy atom. The van der Waals surface area contributed by atoms with E-state index >= 15 is 0 Å². The first-order chi connectivity index (χ1) is 6.16. The highest BCUT2D eigenvalue weighted by Crippen LogP contribution is 2.15. The van der Waals surface area contributed by atoms with Crippen molar-refractivity contribution in [3.63, 3.8) is 0 Å². The van der Waals surface area contributed by atoms with Crippen LogP contribution in [0.5, 0.6) is 0 Å². The second-order valence-electron chi connectivity index (χ2n) is 3.11. The Bertz CT molecular complexity index is 364. The summed E-state index contributed by atoms with van der Waals surface area (Å²) in [6, 6.07) is 3.25. The van der Waals surface area contributed by atoms with E-state index in [1.165, 1.54) is 6.07 Å². The fourth-order valence-electron chi connectivity index (χ4n) is 1.47. The molecule has 0 saturated carbocycles. The number of ketones is 1. The van der Waals surface area contributed by atoms with Crippen LogP contribution in [0.2, 0.25) is 0 Å². The number of carbonyl (C=O) groups is 1. The molecule has 13 heavy (non-hydrogen) atoms. The summed E-state index contributed by atoms with van der Waals surface area (Å²) in [7, 11) is -1.55. The highest BCUT2D eigenvalue weighted by atomic mass is 16.4. The molecule has 0 unspecified atom stereocenters. The molecule has 4 nitrogen and oxygen atoms in total. The minimum Gasteiger partial charge on any atom is -0.422 e. The van der Waals surface area contributed by atoms with E-state index in [0.29, 0.717) is 18.5 Å². The normalized spacial score (nSPS) is 14.5. The molecular weight excluding hydrogens is 169 g/mol. The fourth-order valence-corrected chi connectivity index (χ4v) is 1.47. The van der Waals surface area contributed by atoms with Crippen molar-refractivity contribution in [2.75, 3.05) is 0 Å². The highest BCUT2D eigenvalue weighted by molar-refractivity contribution is 6.57. The molecule has 5 heteroatoms. The lowest BCUT2D eigenvalue weighted by molar-refractivity contribution is -0.117. The zero-order valence-electron chi connectivity index (χ0n) is 6.90. The van der Waals surface area contributed by atoms with E-state index in [1.807, 2.05) is 0 Å². The van der Waals surface area contributed by atoms with Gasteiger partial charge in [-0.1, -0.05) is 6.07 Å². The van der Waals surface area contributed by atoms with Crippen LogP contribution in [0.3, 0.4) is 0 Å². The molecule has 0 radical (unpaired) electrons. The number of carbonyl (C=O) groups excluding carboxylic acids is 1. The number of aromatic nitrogens is 1. The van der Waals surface area contributed by atoms with Crippen molar-refractivity contribution in [3.8, 4) is 0 Å². The monoisotopic (exact) mass is 177 g/mol. The van der Waals surface area contributed by atoms with E-state index in [2.05, 4.69) is 4.98 Å². The number of hydrogen-bond donors (Lipinski definition) is 2. The van der Waals surface area contributed by atoms with Gasteiger partial charge in [-0.05, 0) is 11.6 Å². The molecule has 2 N–H and O–H groups in total. The first-order valence-corrected chi connectivity index (χ1v) is 4.03.